The maximum atomic E-state index is 12.4. The van der Waals surface area contributed by atoms with E-state index in [9.17, 15) is 4.79 Å². The number of carbonyl (C=O) groups is 1. The number of fused-ring (bicyclic) bond motifs is 1. The molecule has 1 N–H and O–H groups in total. The van der Waals surface area contributed by atoms with Gasteiger partial charge in [0.1, 0.15) is 6.10 Å². The molecule has 0 spiro atoms. The van der Waals surface area contributed by atoms with Crippen molar-refractivity contribution >= 4 is 5.91 Å². The number of likely N-dealkylation sites (N-methyl/N-ethyl adjacent to an activating group) is 1. The highest BCUT2D eigenvalue weighted by molar-refractivity contribution is 5.81. The van der Waals surface area contributed by atoms with Gasteiger partial charge in [0.25, 0.3) is 5.91 Å². The Balaban J connectivity index is 1.58. The molecule has 1 aromatic rings. The van der Waals surface area contributed by atoms with Gasteiger partial charge in [-0.15, -0.1) is 0 Å². The second-order valence-electron chi connectivity index (χ2n) is 5.67. The van der Waals surface area contributed by atoms with Crippen LogP contribution in [0.4, 0.5) is 0 Å². The molecule has 0 aliphatic carbocycles. The molecule has 3 heterocycles. The lowest BCUT2D eigenvalue weighted by Crippen LogP contribution is -2.39. The van der Waals surface area contributed by atoms with Gasteiger partial charge in [0.05, 0.1) is 18.3 Å². The summed E-state index contributed by atoms with van der Waals surface area (Å²) in [6.07, 6.45) is 3.65. The Morgan fingerprint density at radius 3 is 3.20 bits per heavy atom. The first-order valence-corrected chi connectivity index (χ1v) is 7.25. The molecule has 3 atom stereocenters. The summed E-state index contributed by atoms with van der Waals surface area (Å²) < 4.78 is 5.91. The zero-order valence-corrected chi connectivity index (χ0v) is 11.8. The predicted octanol–water partition coefficient (Wildman–Crippen LogP) is 0.807. The fourth-order valence-corrected chi connectivity index (χ4v) is 3.07. The lowest BCUT2D eigenvalue weighted by atomic mass is 9.93. The second-order valence-corrected chi connectivity index (χ2v) is 5.67. The number of pyridine rings is 1. The lowest BCUT2D eigenvalue weighted by Gasteiger charge is -2.24. The van der Waals surface area contributed by atoms with E-state index in [1.807, 2.05) is 25.2 Å². The van der Waals surface area contributed by atoms with E-state index in [2.05, 4.69) is 10.3 Å². The summed E-state index contributed by atoms with van der Waals surface area (Å²) in [7, 11) is 1.82. The van der Waals surface area contributed by atoms with Crippen LogP contribution in [-0.4, -0.2) is 48.1 Å². The summed E-state index contributed by atoms with van der Waals surface area (Å²) in [5, 5.41) is 3.32. The second kappa shape index (κ2) is 5.89. The maximum absolute atomic E-state index is 12.4. The van der Waals surface area contributed by atoms with Crippen molar-refractivity contribution in [2.24, 2.45) is 5.92 Å². The van der Waals surface area contributed by atoms with E-state index < -0.39 is 0 Å². The molecule has 2 fully saturated rings. The van der Waals surface area contributed by atoms with Crippen molar-refractivity contribution in [3.63, 3.8) is 0 Å². The third-order valence-corrected chi connectivity index (χ3v) is 4.20. The Hall–Kier alpha value is -1.46. The number of nitrogens with one attached hydrogen (secondary N) is 1. The van der Waals surface area contributed by atoms with Crippen LogP contribution in [0.25, 0.3) is 0 Å². The topological polar surface area (TPSA) is 54.5 Å². The van der Waals surface area contributed by atoms with E-state index in [0.717, 1.165) is 31.6 Å². The average molecular weight is 275 g/mol. The number of hydrogen-bond donors (Lipinski definition) is 1. The standard InChI is InChI=1S/C15H21N3O2/c1-18(10-12-4-2-3-6-17-12)15(19)13-8-11-5-7-16-9-14(11)20-13/h2-4,6,11,13-14,16H,5,7-10H2,1H3/t11-,13+,14-/m0/s1. The van der Waals surface area contributed by atoms with E-state index in [-0.39, 0.29) is 18.1 Å². The number of rotatable bonds is 3. The number of amides is 1. The molecule has 0 unspecified atom stereocenters. The van der Waals surface area contributed by atoms with Gasteiger partial charge in [-0.05, 0) is 37.4 Å². The van der Waals surface area contributed by atoms with E-state index in [0.29, 0.717) is 12.5 Å². The largest absolute Gasteiger partial charge is 0.364 e. The zero-order chi connectivity index (χ0) is 13.9. The number of aromatic nitrogens is 1. The monoisotopic (exact) mass is 275 g/mol. The minimum Gasteiger partial charge on any atom is -0.364 e. The molecule has 0 radical (unpaired) electrons. The minimum absolute atomic E-state index is 0.0741. The summed E-state index contributed by atoms with van der Waals surface area (Å²) in [6, 6.07) is 5.75. The van der Waals surface area contributed by atoms with Crippen molar-refractivity contribution in [2.75, 3.05) is 20.1 Å². The van der Waals surface area contributed by atoms with Crippen LogP contribution in [0.2, 0.25) is 0 Å². The van der Waals surface area contributed by atoms with Gasteiger partial charge in [0, 0.05) is 19.8 Å². The van der Waals surface area contributed by atoms with Crippen LogP contribution < -0.4 is 5.32 Å². The van der Waals surface area contributed by atoms with Crippen molar-refractivity contribution in [1.82, 2.24) is 15.2 Å². The molecular formula is C15H21N3O2. The number of carbonyl (C=O) groups excluding carboxylic acids is 1. The summed E-state index contributed by atoms with van der Waals surface area (Å²) in [6.45, 7) is 2.45. The molecular weight excluding hydrogens is 254 g/mol. The van der Waals surface area contributed by atoms with E-state index >= 15 is 0 Å². The Bertz CT molecular complexity index is 451. The van der Waals surface area contributed by atoms with Crippen LogP contribution in [0.1, 0.15) is 18.5 Å². The molecule has 108 valence electrons. The molecule has 3 rings (SSSR count). The number of hydrogen-bond acceptors (Lipinski definition) is 4. The smallest absolute Gasteiger partial charge is 0.251 e. The molecule has 5 nitrogen and oxygen atoms in total. The van der Waals surface area contributed by atoms with Gasteiger partial charge in [-0.25, -0.2) is 0 Å². The predicted molar refractivity (Wildman–Crippen MR) is 75.0 cm³/mol. The van der Waals surface area contributed by atoms with Gasteiger partial charge >= 0.3 is 0 Å². The van der Waals surface area contributed by atoms with Gasteiger partial charge in [-0.1, -0.05) is 6.07 Å². The third kappa shape index (κ3) is 2.83. The highest BCUT2D eigenvalue weighted by Gasteiger charge is 2.40. The van der Waals surface area contributed by atoms with Crippen molar-refractivity contribution in [2.45, 2.75) is 31.6 Å². The van der Waals surface area contributed by atoms with Crippen LogP contribution in [-0.2, 0) is 16.1 Å². The zero-order valence-electron chi connectivity index (χ0n) is 11.8. The van der Waals surface area contributed by atoms with E-state index in [1.54, 1.807) is 11.1 Å². The Morgan fingerprint density at radius 1 is 1.55 bits per heavy atom. The normalized spacial score (nSPS) is 28.9. The molecule has 1 aromatic heterocycles. The highest BCUT2D eigenvalue weighted by atomic mass is 16.5. The van der Waals surface area contributed by atoms with Crippen molar-refractivity contribution in [3.8, 4) is 0 Å². The molecule has 5 heteroatoms. The first-order valence-electron chi connectivity index (χ1n) is 7.25. The van der Waals surface area contributed by atoms with Crippen LogP contribution in [0.3, 0.4) is 0 Å². The Kier molecular flexibility index (Phi) is 3.98. The first kappa shape index (κ1) is 13.5. The average Bonchev–Trinajstić information content (AvgIpc) is 2.91. The van der Waals surface area contributed by atoms with E-state index in [1.165, 1.54) is 0 Å². The molecule has 1 amide bonds. The van der Waals surface area contributed by atoms with Gasteiger partial charge in [-0.3, -0.25) is 9.78 Å². The van der Waals surface area contributed by atoms with Crippen LogP contribution in [0.15, 0.2) is 24.4 Å². The Labute approximate surface area is 119 Å². The summed E-state index contributed by atoms with van der Waals surface area (Å²) in [4.78, 5) is 18.4. The summed E-state index contributed by atoms with van der Waals surface area (Å²) in [5.41, 5.74) is 0.903. The number of nitrogens with zero attached hydrogens (tertiary/aromatic N) is 2. The van der Waals surface area contributed by atoms with Crippen LogP contribution >= 0.6 is 0 Å². The van der Waals surface area contributed by atoms with Gasteiger partial charge in [0.15, 0.2) is 0 Å². The first-order chi connectivity index (χ1) is 9.74. The SMILES string of the molecule is CN(Cc1ccccn1)C(=O)[C@H]1C[C@@H]2CCNC[C@@H]2O1. The molecule has 0 bridgehead atoms. The minimum atomic E-state index is -0.279. The fourth-order valence-electron chi connectivity index (χ4n) is 3.07. The van der Waals surface area contributed by atoms with Gasteiger partial charge in [-0.2, -0.15) is 0 Å². The molecule has 2 saturated heterocycles. The van der Waals surface area contributed by atoms with Gasteiger partial charge in [0.2, 0.25) is 0 Å². The lowest BCUT2D eigenvalue weighted by molar-refractivity contribution is -0.142. The van der Waals surface area contributed by atoms with E-state index in [4.69, 9.17) is 4.74 Å². The molecule has 2 aliphatic heterocycles. The third-order valence-electron chi connectivity index (χ3n) is 4.20. The number of ether oxygens (including phenoxy) is 1. The molecule has 0 saturated carbocycles. The fraction of sp³-hybridized carbons (Fsp3) is 0.600. The highest BCUT2D eigenvalue weighted by Crippen LogP contribution is 2.31. The summed E-state index contributed by atoms with van der Waals surface area (Å²) in [5.74, 6) is 0.610. The maximum Gasteiger partial charge on any atom is 0.251 e. The molecule has 2 aliphatic rings. The van der Waals surface area contributed by atoms with Crippen molar-refractivity contribution < 1.29 is 9.53 Å². The van der Waals surface area contributed by atoms with Crippen LogP contribution in [0.5, 0.6) is 0 Å². The summed E-state index contributed by atoms with van der Waals surface area (Å²) >= 11 is 0. The van der Waals surface area contributed by atoms with Crippen molar-refractivity contribution in [1.29, 1.82) is 0 Å². The molecule has 0 aromatic carbocycles. The van der Waals surface area contributed by atoms with Gasteiger partial charge < -0.3 is 15.0 Å². The Morgan fingerprint density at radius 2 is 2.45 bits per heavy atom. The quantitative estimate of drug-likeness (QED) is 0.887. The van der Waals surface area contributed by atoms with Crippen molar-refractivity contribution in [3.05, 3.63) is 30.1 Å². The molecule has 20 heavy (non-hydrogen) atoms. The number of piperidine rings is 1. The van der Waals surface area contributed by atoms with Crippen LogP contribution in [0, 0.1) is 5.92 Å².